The van der Waals surface area contributed by atoms with Crippen molar-refractivity contribution in [3.8, 4) is 0 Å². The lowest BCUT2D eigenvalue weighted by molar-refractivity contribution is 0.108. The fourth-order valence-corrected chi connectivity index (χ4v) is 3.29. The van der Waals surface area contributed by atoms with Gasteiger partial charge in [0.15, 0.2) is 0 Å². The van der Waals surface area contributed by atoms with Crippen molar-refractivity contribution in [3.05, 3.63) is 35.4 Å². The Hall–Kier alpha value is -0.910. The highest BCUT2D eigenvalue weighted by Crippen LogP contribution is 2.24. The average Bonchev–Trinajstić information content (AvgIpc) is 2.45. The number of benzene rings is 1. The van der Waals surface area contributed by atoms with Gasteiger partial charge in [-0.15, -0.1) is 0 Å². The second-order valence-electron chi connectivity index (χ2n) is 5.98. The Morgan fingerprint density at radius 1 is 1.25 bits per heavy atom. The highest BCUT2D eigenvalue weighted by molar-refractivity contribution is 7.89. The lowest BCUT2D eigenvalue weighted by Gasteiger charge is -2.41. The molecule has 1 aliphatic heterocycles. The first-order valence-electron chi connectivity index (χ1n) is 7.13. The standard InChI is InChI=1S/C15H24N2O2S/c1-4-20(18,19)16-12-15(2,3)17-10-9-13-7-5-6-8-14(13)11-17/h5-8,16H,4,9-12H2,1-3H3. The van der Waals surface area contributed by atoms with Gasteiger partial charge in [0, 0.05) is 25.2 Å². The molecule has 2 rings (SSSR count). The third-order valence-electron chi connectivity index (χ3n) is 4.09. The van der Waals surface area contributed by atoms with Gasteiger partial charge in [-0.05, 0) is 38.3 Å². The van der Waals surface area contributed by atoms with Crippen LogP contribution in [0.5, 0.6) is 0 Å². The Bertz CT molecular complexity index is 567. The van der Waals surface area contributed by atoms with Crippen LogP contribution >= 0.6 is 0 Å². The fraction of sp³-hybridized carbons (Fsp3) is 0.600. The molecule has 4 nitrogen and oxygen atoms in total. The first-order chi connectivity index (χ1) is 9.34. The van der Waals surface area contributed by atoms with E-state index in [1.54, 1.807) is 6.92 Å². The molecule has 1 heterocycles. The largest absolute Gasteiger partial charge is 0.292 e. The molecule has 20 heavy (non-hydrogen) atoms. The number of nitrogens with zero attached hydrogens (tertiary/aromatic N) is 1. The minimum absolute atomic E-state index is 0.131. The Kier molecular flexibility index (Phi) is 4.52. The summed E-state index contributed by atoms with van der Waals surface area (Å²) >= 11 is 0. The molecule has 0 aliphatic carbocycles. The number of hydrogen-bond acceptors (Lipinski definition) is 3. The fourth-order valence-electron chi connectivity index (χ4n) is 2.51. The summed E-state index contributed by atoms with van der Waals surface area (Å²) in [5, 5.41) is 0. The zero-order chi connectivity index (χ0) is 14.8. The van der Waals surface area contributed by atoms with Crippen molar-refractivity contribution < 1.29 is 8.42 Å². The van der Waals surface area contributed by atoms with E-state index in [0.29, 0.717) is 6.54 Å². The van der Waals surface area contributed by atoms with Crippen molar-refractivity contribution in [1.82, 2.24) is 9.62 Å². The molecule has 0 atom stereocenters. The molecule has 1 aliphatic rings. The monoisotopic (exact) mass is 296 g/mol. The Morgan fingerprint density at radius 3 is 2.55 bits per heavy atom. The summed E-state index contributed by atoms with van der Waals surface area (Å²) in [5.74, 6) is 0.131. The van der Waals surface area contributed by atoms with Crippen LogP contribution in [0.2, 0.25) is 0 Å². The van der Waals surface area contributed by atoms with Crippen LogP contribution in [0.25, 0.3) is 0 Å². The van der Waals surface area contributed by atoms with Crippen LogP contribution in [0, 0.1) is 0 Å². The predicted molar refractivity (Wildman–Crippen MR) is 82.1 cm³/mol. The third kappa shape index (κ3) is 3.59. The van der Waals surface area contributed by atoms with Crippen LogP contribution in [-0.4, -0.2) is 37.7 Å². The number of fused-ring (bicyclic) bond motifs is 1. The van der Waals surface area contributed by atoms with Crippen molar-refractivity contribution in [2.45, 2.75) is 39.3 Å². The molecule has 0 amide bonds. The zero-order valence-corrected chi connectivity index (χ0v) is 13.3. The molecule has 112 valence electrons. The van der Waals surface area contributed by atoms with Crippen LogP contribution in [0.1, 0.15) is 31.9 Å². The van der Waals surface area contributed by atoms with Crippen molar-refractivity contribution in [2.24, 2.45) is 0 Å². The lowest BCUT2D eigenvalue weighted by Crippen LogP contribution is -2.53. The SMILES string of the molecule is CCS(=O)(=O)NCC(C)(C)N1CCc2ccccc2C1. The molecule has 0 spiro atoms. The number of nitrogens with one attached hydrogen (secondary N) is 1. The summed E-state index contributed by atoms with van der Waals surface area (Å²) in [5.41, 5.74) is 2.58. The van der Waals surface area contributed by atoms with E-state index in [1.807, 2.05) is 0 Å². The van der Waals surface area contributed by atoms with E-state index in [4.69, 9.17) is 0 Å². The average molecular weight is 296 g/mol. The van der Waals surface area contributed by atoms with Gasteiger partial charge in [-0.2, -0.15) is 0 Å². The first-order valence-corrected chi connectivity index (χ1v) is 8.78. The normalized spacial score (nSPS) is 16.9. The summed E-state index contributed by atoms with van der Waals surface area (Å²) in [6, 6.07) is 8.48. The van der Waals surface area contributed by atoms with Crippen LogP contribution in [0.15, 0.2) is 24.3 Å². The molecular weight excluding hydrogens is 272 g/mol. The van der Waals surface area contributed by atoms with E-state index in [-0.39, 0.29) is 11.3 Å². The minimum atomic E-state index is -3.13. The third-order valence-corrected chi connectivity index (χ3v) is 5.44. The maximum atomic E-state index is 11.6. The highest BCUT2D eigenvalue weighted by Gasteiger charge is 2.30. The molecule has 0 unspecified atom stereocenters. The molecule has 5 heteroatoms. The highest BCUT2D eigenvalue weighted by atomic mass is 32.2. The van der Waals surface area contributed by atoms with Crippen molar-refractivity contribution >= 4 is 10.0 Å². The smallest absolute Gasteiger partial charge is 0.211 e. The summed E-state index contributed by atoms with van der Waals surface area (Å²) in [6.07, 6.45) is 1.03. The van der Waals surface area contributed by atoms with E-state index in [9.17, 15) is 8.42 Å². The van der Waals surface area contributed by atoms with Crippen molar-refractivity contribution in [3.63, 3.8) is 0 Å². The summed E-state index contributed by atoms with van der Waals surface area (Å²) in [6.45, 7) is 8.16. The molecule has 1 aromatic carbocycles. The quantitative estimate of drug-likeness (QED) is 0.901. The Labute approximate surface area is 122 Å². The maximum absolute atomic E-state index is 11.6. The minimum Gasteiger partial charge on any atom is -0.292 e. The van der Waals surface area contributed by atoms with E-state index < -0.39 is 10.0 Å². The second kappa shape index (κ2) is 5.84. The van der Waals surface area contributed by atoms with Crippen molar-refractivity contribution in [2.75, 3.05) is 18.8 Å². The summed E-state index contributed by atoms with van der Waals surface area (Å²) < 4.78 is 25.9. The van der Waals surface area contributed by atoms with Gasteiger partial charge in [-0.25, -0.2) is 13.1 Å². The Morgan fingerprint density at radius 2 is 1.90 bits per heavy atom. The van der Waals surface area contributed by atoms with Gasteiger partial charge in [0.05, 0.1) is 5.75 Å². The Balaban J connectivity index is 2.04. The zero-order valence-electron chi connectivity index (χ0n) is 12.5. The lowest BCUT2D eigenvalue weighted by atomic mass is 9.94. The van der Waals surface area contributed by atoms with Gasteiger partial charge in [-0.1, -0.05) is 24.3 Å². The van der Waals surface area contributed by atoms with Crippen LogP contribution in [0.4, 0.5) is 0 Å². The molecule has 0 bridgehead atoms. The number of rotatable bonds is 5. The number of hydrogen-bond donors (Lipinski definition) is 1. The topological polar surface area (TPSA) is 49.4 Å². The predicted octanol–water partition coefficient (Wildman–Crippen LogP) is 1.76. The van der Waals surface area contributed by atoms with Crippen molar-refractivity contribution in [1.29, 1.82) is 0 Å². The van der Waals surface area contributed by atoms with Crippen LogP contribution in [-0.2, 0) is 23.0 Å². The van der Waals surface area contributed by atoms with Gasteiger partial charge in [0.25, 0.3) is 0 Å². The van der Waals surface area contributed by atoms with Gasteiger partial charge in [0.1, 0.15) is 0 Å². The van der Waals surface area contributed by atoms with Gasteiger partial charge in [0.2, 0.25) is 10.0 Å². The van der Waals surface area contributed by atoms with Crippen LogP contribution < -0.4 is 4.72 Å². The second-order valence-corrected chi connectivity index (χ2v) is 8.07. The molecular formula is C15H24N2O2S. The summed E-state index contributed by atoms with van der Waals surface area (Å²) in [4.78, 5) is 2.35. The van der Waals surface area contributed by atoms with Crippen LogP contribution in [0.3, 0.4) is 0 Å². The molecule has 0 radical (unpaired) electrons. The molecule has 1 aromatic rings. The van der Waals surface area contributed by atoms with E-state index in [2.05, 4.69) is 47.7 Å². The molecule has 1 N–H and O–H groups in total. The van der Waals surface area contributed by atoms with E-state index >= 15 is 0 Å². The number of sulfonamides is 1. The molecule has 0 aromatic heterocycles. The van der Waals surface area contributed by atoms with Gasteiger partial charge < -0.3 is 0 Å². The molecule has 0 saturated carbocycles. The van der Waals surface area contributed by atoms with E-state index in [0.717, 1.165) is 19.5 Å². The molecule has 0 fully saturated rings. The van der Waals surface area contributed by atoms with E-state index in [1.165, 1.54) is 11.1 Å². The molecule has 0 saturated heterocycles. The summed E-state index contributed by atoms with van der Waals surface area (Å²) in [7, 11) is -3.13. The van der Waals surface area contributed by atoms with Gasteiger partial charge in [-0.3, -0.25) is 4.90 Å². The maximum Gasteiger partial charge on any atom is 0.211 e. The first kappa shape index (κ1) is 15.5. The van der Waals surface area contributed by atoms with Gasteiger partial charge >= 0.3 is 0 Å².